The Kier molecular flexibility index (Phi) is 8.31. The van der Waals surface area contributed by atoms with Gasteiger partial charge in [0.2, 0.25) is 5.91 Å². The number of aryl methyl sites for hydroxylation is 1. The third-order valence-corrected chi connectivity index (χ3v) is 6.68. The molecule has 5 aromatic rings. The topological polar surface area (TPSA) is 86.3 Å². The van der Waals surface area contributed by atoms with Crippen LogP contribution in [0.15, 0.2) is 84.1 Å². The lowest BCUT2D eigenvalue weighted by molar-refractivity contribution is -0.116. The molecule has 0 unspecified atom stereocenters. The monoisotopic (exact) mass is 548 g/mol. The Morgan fingerprint density at radius 1 is 1.02 bits per heavy atom. The zero-order valence-electron chi connectivity index (χ0n) is 23.7. The van der Waals surface area contributed by atoms with Crippen LogP contribution >= 0.6 is 0 Å². The molecule has 8 heteroatoms. The van der Waals surface area contributed by atoms with Crippen LogP contribution < -0.4 is 5.32 Å². The van der Waals surface area contributed by atoms with Crippen LogP contribution in [0.3, 0.4) is 0 Å². The van der Waals surface area contributed by atoms with E-state index in [9.17, 15) is 9.18 Å². The summed E-state index contributed by atoms with van der Waals surface area (Å²) in [7, 11) is 3.69. The Bertz CT molecular complexity index is 1740. The number of carbonyl (C=O) groups is 1. The van der Waals surface area contributed by atoms with Crippen LogP contribution in [0, 0.1) is 12.7 Å². The van der Waals surface area contributed by atoms with Gasteiger partial charge in [-0.3, -0.25) is 14.8 Å². The number of amides is 1. The van der Waals surface area contributed by atoms with Gasteiger partial charge in [-0.05, 0) is 68.9 Å². The highest BCUT2D eigenvalue weighted by Crippen LogP contribution is 2.32. The molecule has 3 aromatic heterocycles. The molecule has 0 saturated heterocycles. The van der Waals surface area contributed by atoms with Gasteiger partial charge >= 0.3 is 0 Å². The Morgan fingerprint density at radius 3 is 2.61 bits per heavy atom. The second kappa shape index (κ2) is 12.2. The molecule has 5 rings (SSSR count). The van der Waals surface area contributed by atoms with Gasteiger partial charge in [0, 0.05) is 34.8 Å². The van der Waals surface area contributed by atoms with Gasteiger partial charge in [-0.25, -0.2) is 9.37 Å². The maximum atomic E-state index is 14.7. The molecule has 7 nitrogen and oxygen atoms in total. The minimum atomic E-state index is -0.262. The van der Waals surface area contributed by atoms with Gasteiger partial charge in [0.25, 0.3) is 0 Å². The molecule has 0 spiro atoms. The lowest BCUT2D eigenvalue weighted by Crippen LogP contribution is -2.27. The average molecular weight is 549 g/mol. The Morgan fingerprint density at radius 2 is 1.83 bits per heavy atom. The largest absolute Gasteiger partial charge is 0.353 e. The maximum Gasteiger partial charge on any atom is 0.238 e. The number of hydrogen-bond acceptors (Lipinski definition) is 5. The van der Waals surface area contributed by atoms with Crippen molar-refractivity contribution in [1.82, 2.24) is 19.9 Å². The highest BCUT2D eigenvalue weighted by molar-refractivity contribution is 6.14. The van der Waals surface area contributed by atoms with Crippen LogP contribution in [-0.4, -0.2) is 58.7 Å². The molecule has 0 radical (unpaired) electrons. The Hall–Kier alpha value is -4.69. The first kappa shape index (κ1) is 27.9. The molecule has 0 aliphatic heterocycles. The number of nitrogens with one attached hydrogen (secondary N) is 2. The lowest BCUT2D eigenvalue weighted by atomic mass is 10.0. The number of nitrogens with zero attached hydrogens (tertiary/aromatic N) is 4. The van der Waals surface area contributed by atoms with Crippen molar-refractivity contribution in [2.75, 3.05) is 32.5 Å². The first-order valence-corrected chi connectivity index (χ1v) is 13.6. The fourth-order valence-corrected chi connectivity index (χ4v) is 4.77. The van der Waals surface area contributed by atoms with Crippen molar-refractivity contribution in [1.29, 1.82) is 0 Å². The van der Waals surface area contributed by atoms with Gasteiger partial charge in [0.1, 0.15) is 11.5 Å². The van der Waals surface area contributed by atoms with E-state index in [0.717, 1.165) is 51.1 Å². The zero-order valence-corrected chi connectivity index (χ0v) is 23.7. The van der Waals surface area contributed by atoms with E-state index in [2.05, 4.69) is 22.2 Å². The minimum Gasteiger partial charge on any atom is -0.353 e. The number of hydrogen-bond donors (Lipinski definition) is 2. The van der Waals surface area contributed by atoms with Crippen molar-refractivity contribution in [2.24, 2.45) is 4.99 Å². The molecule has 2 N–H and O–H groups in total. The van der Waals surface area contributed by atoms with Gasteiger partial charge in [0.15, 0.2) is 0 Å². The van der Waals surface area contributed by atoms with Crippen molar-refractivity contribution in [3.63, 3.8) is 0 Å². The number of benzene rings is 2. The van der Waals surface area contributed by atoms with Crippen LogP contribution in [0.5, 0.6) is 0 Å². The normalized spacial score (nSPS) is 11.8. The van der Waals surface area contributed by atoms with Crippen molar-refractivity contribution < 1.29 is 9.18 Å². The molecule has 0 aliphatic rings. The molecule has 1 amide bonds. The predicted molar refractivity (Wildman–Crippen MR) is 164 cm³/mol. The molecule has 41 heavy (non-hydrogen) atoms. The molecule has 0 fully saturated rings. The Labute approximate surface area is 239 Å². The first-order chi connectivity index (χ1) is 19.8. The standard InChI is InChI=1S/C33H33FN6O/c1-5-15-36-33(30-17-26-24(10-8-12-29(26)38-30)25-9-6-7-11-27(25)34)32-21(2)13-14-28(39-32)22-16-23(19-35-18-22)37-31(41)20-40(3)4/h6-14,16-19,38H,5,15,20H2,1-4H3,(H,37,41). The molecule has 0 saturated carbocycles. The number of carbonyl (C=O) groups excluding carboxylic acids is 1. The fourth-order valence-electron chi connectivity index (χ4n) is 4.77. The van der Waals surface area contributed by atoms with E-state index >= 15 is 0 Å². The minimum absolute atomic E-state index is 0.117. The van der Waals surface area contributed by atoms with Crippen LogP contribution in [-0.2, 0) is 4.79 Å². The number of aromatic nitrogens is 3. The summed E-state index contributed by atoms with van der Waals surface area (Å²) in [6.45, 7) is 5.00. The number of pyridine rings is 2. The number of H-pyrrole nitrogens is 1. The number of anilines is 1. The van der Waals surface area contributed by atoms with Crippen molar-refractivity contribution in [2.45, 2.75) is 20.3 Å². The summed E-state index contributed by atoms with van der Waals surface area (Å²) in [5.41, 5.74) is 7.64. The van der Waals surface area contributed by atoms with Gasteiger partial charge in [-0.15, -0.1) is 0 Å². The summed E-state index contributed by atoms with van der Waals surface area (Å²) in [4.78, 5) is 31.9. The summed E-state index contributed by atoms with van der Waals surface area (Å²) in [5, 5.41) is 3.81. The van der Waals surface area contributed by atoms with Crippen molar-refractivity contribution in [3.05, 3.63) is 102 Å². The van der Waals surface area contributed by atoms with Gasteiger partial charge in [0.05, 0.1) is 35.5 Å². The second-order valence-electron chi connectivity index (χ2n) is 10.3. The molecule has 2 aromatic carbocycles. The maximum absolute atomic E-state index is 14.7. The van der Waals surface area contributed by atoms with Crippen molar-refractivity contribution in [3.8, 4) is 22.4 Å². The summed E-state index contributed by atoms with van der Waals surface area (Å²) < 4.78 is 14.7. The number of fused-ring (bicyclic) bond motifs is 1. The number of aromatic amines is 1. The molecule has 3 heterocycles. The molecular formula is C33H33FN6O. The number of likely N-dealkylation sites (N-methyl/N-ethyl adjacent to an activating group) is 1. The quantitative estimate of drug-likeness (QED) is 0.206. The van der Waals surface area contributed by atoms with E-state index in [1.807, 2.05) is 69.6 Å². The fraction of sp³-hybridized carbons (Fsp3) is 0.212. The first-order valence-electron chi connectivity index (χ1n) is 13.6. The Balaban J connectivity index is 1.56. The molecule has 0 atom stereocenters. The highest BCUT2D eigenvalue weighted by Gasteiger charge is 2.18. The third kappa shape index (κ3) is 6.23. The molecule has 0 aliphatic carbocycles. The number of rotatable bonds is 9. The summed E-state index contributed by atoms with van der Waals surface area (Å²) >= 11 is 0. The predicted octanol–water partition coefficient (Wildman–Crippen LogP) is 6.49. The lowest BCUT2D eigenvalue weighted by Gasteiger charge is -2.12. The van der Waals surface area contributed by atoms with Gasteiger partial charge in [-0.2, -0.15) is 0 Å². The molecule has 208 valence electrons. The summed E-state index contributed by atoms with van der Waals surface area (Å²) in [5.74, 6) is -0.379. The smallest absolute Gasteiger partial charge is 0.238 e. The molecular weight excluding hydrogens is 515 g/mol. The van der Waals surface area contributed by atoms with Gasteiger partial charge in [-0.1, -0.05) is 43.3 Å². The highest BCUT2D eigenvalue weighted by atomic mass is 19.1. The average Bonchev–Trinajstić information content (AvgIpc) is 3.38. The summed E-state index contributed by atoms with van der Waals surface area (Å²) in [6.07, 6.45) is 4.23. The third-order valence-electron chi connectivity index (χ3n) is 6.68. The van der Waals surface area contributed by atoms with E-state index in [1.165, 1.54) is 6.07 Å². The summed E-state index contributed by atoms with van der Waals surface area (Å²) in [6, 6.07) is 20.5. The second-order valence-corrected chi connectivity index (χ2v) is 10.3. The SMILES string of the molecule is CCCN=C(c1cc2c(-c3ccccc3F)cccc2[nH]1)c1nc(-c2cncc(NC(=O)CN(C)C)c2)ccc1C. The van der Waals surface area contributed by atoms with Crippen LogP contribution in [0.4, 0.5) is 10.1 Å². The van der Waals surface area contributed by atoms with E-state index in [4.69, 9.17) is 9.98 Å². The zero-order chi connectivity index (χ0) is 28.9. The number of halogens is 1. The van der Waals surface area contributed by atoms with Gasteiger partial charge < -0.3 is 15.2 Å². The van der Waals surface area contributed by atoms with E-state index < -0.39 is 0 Å². The molecule has 0 bridgehead atoms. The van der Waals surface area contributed by atoms with Crippen LogP contribution in [0.25, 0.3) is 33.3 Å². The number of aliphatic imine (C=N–C) groups is 1. The van der Waals surface area contributed by atoms with E-state index in [0.29, 0.717) is 23.5 Å². The van der Waals surface area contributed by atoms with Crippen LogP contribution in [0.1, 0.15) is 30.3 Å². The van der Waals surface area contributed by atoms with Crippen LogP contribution in [0.2, 0.25) is 0 Å². The van der Waals surface area contributed by atoms with E-state index in [-0.39, 0.29) is 18.3 Å². The van der Waals surface area contributed by atoms with Crippen molar-refractivity contribution >= 4 is 28.2 Å². The van der Waals surface area contributed by atoms with E-state index in [1.54, 1.807) is 29.4 Å².